The average molecular weight is 329 g/mol. The molecule has 0 fully saturated rings. The van der Waals surface area contributed by atoms with Gasteiger partial charge in [0.1, 0.15) is 0 Å². The molecule has 0 aliphatic carbocycles. The number of aromatic amines is 1. The van der Waals surface area contributed by atoms with E-state index in [4.69, 9.17) is 0 Å². The van der Waals surface area contributed by atoms with Crippen LogP contribution in [0.15, 0.2) is 12.1 Å². The van der Waals surface area contributed by atoms with Crippen LogP contribution >= 0.6 is 0 Å². The van der Waals surface area contributed by atoms with Crippen molar-refractivity contribution in [3.63, 3.8) is 0 Å². The number of hydrogen-bond donors (Lipinski definition) is 3. The largest absolute Gasteiger partial charge is 0.358 e. The Morgan fingerprint density at radius 1 is 1.25 bits per heavy atom. The van der Waals surface area contributed by atoms with Crippen LogP contribution in [0.25, 0.3) is 10.9 Å². The van der Waals surface area contributed by atoms with Crippen LogP contribution in [0, 0.1) is 13.8 Å². The Labute approximate surface area is 143 Å². The summed E-state index contributed by atoms with van der Waals surface area (Å²) in [6.45, 7) is 10.1. The second-order valence-electron chi connectivity index (χ2n) is 6.51. The van der Waals surface area contributed by atoms with E-state index in [1.165, 1.54) is 29.1 Å². The Morgan fingerprint density at radius 2 is 1.96 bits per heavy atom. The molecule has 3 N–H and O–H groups in total. The first-order chi connectivity index (χ1) is 11.3. The van der Waals surface area contributed by atoms with Crippen molar-refractivity contribution in [3.8, 4) is 0 Å². The van der Waals surface area contributed by atoms with Gasteiger partial charge in [-0.3, -0.25) is 9.59 Å². The second kappa shape index (κ2) is 7.51. The number of aromatic nitrogens is 1. The summed E-state index contributed by atoms with van der Waals surface area (Å²) in [5.74, 6) is -0.186. The zero-order chi connectivity index (χ0) is 17.9. The lowest BCUT2D eigenvalue weighted by Gasteiger charge is -2.13. The fourth-order valence-corrected chi connectivity index (χ4v) is 3.15. The van der Waals surface area contributed by atoms with Gasteiger partial charge in [-0.2, -0.15) is 0 Å². The van der Waals surface area contributed by atoms with Crippen molar-refractivity contribution in [2.24, 2.45) is 0 Å². The smallest absolute Gasteiger partial charge is 0.222 e. The number of aryl methyl sites for hydroxylation is 3. The molecule has 0 saturated carbocycles. The van der Waals surface area contributed by atoms with E-state index >= 15 is 0 Å². The molecule has 1 heterocycles. The van der Waals surface area contributed by atoms with Crippen molar-refractivity contribution >= 4 is 22.7 Å². The zero-order valence-corrected chi connectivity index (χ0v) is 15.2. The maximum Gasteiger partial charge on any atom is 0.222 e. The first-order valence-electron chi connectivity index (χ1n) is 8.46. The van der Waals surface area contributed by atoms with E-state index in [0.717, 1.165) is 17.5 Å². The molecule has 130 valence electrons. The third kappa shape index (κ3) is 4.16. The Hall–Kier alpha value is -2.30. The van der Waals surface area contributed by atoms with Gasteiger partial charge in [0.25, 0.3) is 0 Å². The van der Waals surface area contributed by atoms with E-state index in [-0.39, 0.29) is 24.3 Å². The number of H-pyrrole nitrogens is 1. The van der Waals surface area contributed by atoms with Gasteiger partial charge in [0.2, 0.25) is 11.8 Å². The molecule has 1 aromatic carbocycles. The van der Waals surface area contributed by atoms with Gasteiger partial charge in [0.15, 0.2) is 0 Å². The topological polar surface area (TPSA) is 74.0 Å². The summed E-state index contributed by atoms with van der Waals surface area (Å²) in [5.41, 5.74) is 5.90. The van der Waals surface area contributed by atoms with Gasteiger partial charge >= 0.3 is 0 Å². The Morgan fingerprint density at radius 3 is 2.58 bits per heavy atom. The van der Waals surface area contributed by atoms with Crippen LogP contribution in [0.1, 0.15) is 49.6 Å². The van der Waals surface area contributed by atoms with Crippen molar-refractivity contribution in [3.05, 3.63) is 34.5 Å². The van der Waals surface area contributed by atoms with E-state index in [9.17, 15) is 9.59 Å². The fraction of sp³-hybridized carbons (Fsp3) is 0.474. The first kappa shape index (κ1) is 18.0. The lowest BCUT2D eigenvalue weighted by molar-refractivity contribution is -0.122. The Balaban J connectivity index is 2.12. The maximum absolute atomic E-state index is 12.1. The highest BCUT2D eigenvalue weighted by Gasteiger charge is 2.13. The number of rotatable bonds is 6. The molecule has 0 saturated heterocycles. The molecule has 1 aromatic heterocycles. The highest BCUT2D eigenvalue weighted by Crippen LogP contribution is 2.26. The summed E-state index contributed by atoms with van der Waals surface area (Å²) in [4.78, 5) is 26.6. The van der Waals surface area contributed by atoms with E-state index in [1.54, 1.807) is 0 Å². The highest BCUT2D eigenvalue weighted by atomic mass is 16.2. The summed E-state index contributed by atoms with van der Waals surface area (Å²) in [6.07, 6.45) is 1.23. The molecule has 0 aliphatic heterocycles. The number of carbonyl (C=O) groups excluding carboxylic acids is 2. The molecule has 24 heavy (non-hydrogen) atoms. The van der Waals surface area contributed by atoms with Crippen LogP contribution in [-0.2, 0) is 22.6 Å². The first-order valence-corrected chi connectivity index (χ1v) is 8.46. The summed E-state index contributed by atoms with van der Waals surface area (Å²) in [5, 5.41) is 6.91. The number of benzene rings is 1. The molecule has 0 bridgehead atoms. The lowest BCUT2D eigenvalue weighted by Crippen LogP contribution is -2.35. The monoisotopic (exact) mass is 329 g/mol. The molecule has 0 unspecified atom stereocenters. The van der Waals surface area contributed by atoms with Gasteiger partial charge in [-0.1, -0.05) is 18.6 Å². The van der Waals surface area contributed by atoms with Gasteiger partial charge < -0.3 is 15.6 Å². The highest BCUT2D eigenvalue weighted by molar-refractivity contribution is 5.88. The molecular formula is C19H27N3O2. The molecule has 0 aliphatic rings. The predicted molar refractivity (Wildman–Crippen MR) is 96.9 cm³/mol. The van der Waals surface area contributed by atoms with E-state index in [1.807, 2.05) is 6.92 Å². The van der Waals surface area contributed by atoms with Gasteiger partial charge in [0.05, 0.1) is 5.52 Å². The molecule has 2 aromatic rings. The van der Waals surface area contributed by atoms with E-state index in [0.29, 0.717) is 6.54 Å². The summed E-state index contributed by atoms with van der Waals surface area (Å²) in [7, 11) is 0. The number of amides is 2. The maximum atomic E-state index is 12.1. The molecule has 0 radical (unpaired) electrons. The minimum Gasteiger partial charge on any atom is -0.358 e. The molecule has 5 nitrogen and oxygen atoms in total. The number of hydrogen-bond acceptors (Lipinski definition) is 2. The van der Waals surface area contributed by atoms with Gasteiger partial charge in [-0.05, 0) is 44.4 Å². The Kier molecular flexibility index (Phi) is 5.65. The fourth-order valence-electron chi connectivity index (χ4n) is 3.15. The van der Waals surface area contributed by atoms with Gasteiger partial charge in [-0.15, -0.1) is 0 Å². The van der Waals surface area contributed by atoms with Gasteiger partial charge in [-0.25, -0.2) is 0 Å². The molecule has 5 heteroatoms. The van der Waals surface area contributed by atoms with Crippen molar-refractivity contribution < 1.29 is 9.59 Å². The van der Waals surface area contributed by atoms with E-state index < -0.39 is 0 Å². The third-order valence-corrected chi connectivity index (χ3v) is 4.27. The standard InChI is InChI=1S/C19H27N3O2/c1-6-17-13(4)16-8-11(2)7-15(19(16)22-17)10-20-18(24)9-12(3)21-14(5)23/h7-8,12,22H,6,9-10H2,1-5H3,(H,20,24)(H,21,23)/t12-/m0/s1. The quantitative estimate of drug-likeness (QED) is 0.762. The minimum atomic E-state index is -0.167. The normalized spacial score (nSPS) is 12.2. The second-order valence-corrected chi connectivity index (χ2v) is 6.51. The summed E-state index contributed by atoms with van der Waals surface area (Å²) < 4.78 is 0. The third-order valence-electron chi connectivity index (χ3n) is 4.27. The molecule has 0 spiro atoms. The lowest BCUT2D eigenvalue weighted by atomic mass is 10.0. The molecule has 2 amide bonds. The average Bonchev–Trinajstić information content (AvgIpc) is 2.80. The van der Waals surface area contributed by atoms with Crippen LogP contribution in [0.5, 0.6) is 0 Å². The van der Waals surface area contributed by atoms with Crippen LogP contribution in [-0.4, -0.2) is 22.8 Å². The summed E-state index contributed by atoms with van der Waals surface area (Å²) in [6, 6.07) is 4.12. The van der Waals surface area contributed by atoms with Crippen molar-refractivity contribution in [2.45, 2.75) is 60.0 Å². The predicted octanol–water partition coefficient (Wildman–Crippen LogP) is 2.88. The van der Waals surface area contributed by atoms with Crippen LogP contribution in [0.2, 0.25) is 0 Å². The van der Waals surface area contributed by atoms with Crippen LogP contribution in [0.3, 0.4) is 0 Å². The summed E-state index contributed by atoms with van der Waals surface area (Å²) >= 11 is 0. The number of nitrogens with one attached hydrogen (secondary N) is 3. The van der Waals surface area contributed by atoms with E-state index in [2.05, 4.69) is 48.5 Å². The SMILES string of the molecule is CCc1[nH]c2c(CNC(=O)C[C@H](C)NC(C)=O)cc(C)cc2c1C. The van der Waals surface area contributed by atoms with Crippen molar-refractivity contribution in [2.75, 3.05) is 0 Å². The molecule has 1 atom stereocenters. The minimum absolute atomic E-state index is 0.0649. The van der Waals surface area contributed by atoms with Gasteiger partial charge in [0, 0.05) is 37.0 Å². The molecule has 2 rings (SSSR count). The van der Waals surface area contributed by atoms with Crippen LogP contribution in [0.4, 0.5) is 0 Å². The zero-order valence-electron chi connectivity index (χ0n) is 15.2. The van der Waals surface area contributed by atoms with Crippen molar-refractivity contribution in [1.29, 1.82) is 0 Å². The molecular weight excluding hydrogens is 302 g/mol. The Bertz CT molecular complexity index is 762. The van der Waals surface area contributed by atoms with Crippen molar-refractivity contribution in [1.82, 2.24) is 15.6 Å². The van der Waals surface area contributed by atoms with Crippen LogP contribution < -0.4 is 10.6 Å². The number of carbonyl (C=O) groups is 2. The number of fused-ring (bicyclic) bond motifs is 1.